The minimum Gasteiger partial charge on any atom is -0.325 e. The Hall–Kier alpha value is -1.69. The first-order chi connectivity index (χ1) is 8.13. The fraction of sp³-hybridized carbons (Fsp3) is 0.545. The topological polar surface area (TPSA) is 74.6 Å². The van der Waals surface area contributed by atoms with E-state index in [-0.39, 0.29) is 0 Å². The summed E-state index contributed by atoms with van der Waals surface area (Å²) in [6, 6.07) is 1.95. The van der Waals surface area contributed by atoms with Crippen LogP contribution in [0.25, 0.3) is 11.4 Å². The molecule has 0 saturated carbocycles. The summed E-state index contributed by atoms with van der Waals surface area (Å²) < 4.78 is 3.72. The van der Waals surface area contributed by atoms with Crippen molar-refractivity contribution in [2.24, 2.45) is 18.7 Å². The van der Waals surface area contributed by atoms with Crippen LogP contribution in [0.4, 0.5) is 0 Å². The van der Waals surface area contributed by atoms with Crippen LogP contribution in [0.15, 0.2) is 12.3 Å². The molecule has 0 aromatic carbocycles. The molecule has 6 heteroatoms. The van der Waals surface area contributed by atoms with E-state index in [9.17, 15) is 0 Å². The van der Waals surface area contributed by atoms with E-state index in [1.807, 2.05) is 22.5 Å². The highest BCUT2D eigenvalue weighted by Gasteiger charge is 2.17. The van der Waals surface area contributed by atoms with Crippen LogP contribution in [0.2, 0.25) is 0 Å². The van der Waals surface area contributed by atoms with Crippen LogP contribution in [0, 0.1) is 5.92 Å². The van der Waals surface area contributed by atoms with E-state index in [2.05, 4.69) is 29.3 Å². The second-order valence-corrected chi connectivity index (χ2v) is 4.50. The summed E-state index contributed by atoms with van der Waals surface area (Å²) in [7, 11) is 1.91. The number of aryl methyl sites for hydroxylation is 1. The molecule has 0 saturated heterocycles. The number of rotatable bonds is 4. The van der Waals surface area contributed by atoms with Gasteiger partial charge in [-0.2, -0.15) is 5.10 Å². The predicted octanol–water partition coefficient (Wildman–Crippen LogP) is 0.793. The van der Waals surface area contributed by atoms with E-state index in [0.717, 1.165) is 23.6 Å². The van der Waals surface area contributed by atoms with Crippen LogP contribution < -0.4 is 5.73 Å². The molecule has 6 nitrogen and oxygen atoms in total. The van der Waals surface area contributed by atoms with Gasteiger partial charge in [0, 0.05) is 26.3 Å². The van der Waals surface area contributed by atoms with Gasteiger partial charge in [-0.1, -0.05) is 19.1 Å². The Balaban J connectivity index is 2.49. The maximum atomic E-state index is 5.71. The number of hydrogen-bond acceptors (Lipinski definition) is 4. The largest absolute Gasteiger partial charge is 0.325 e. The molecule has 0 aliphatic rings. The second-order valence-electron chi connectivity index (χ2n) is 4.50. The molecule has 0 fully saturated rings. The normalized spacial score (nSPS) is 11.4. The van der Waals surface area contributed by atoms with E-state index < -0.39 is 0 Å². The SMILES string of the molecule is CC(C)Cn1nnc(CN)c1-c1ccnn1C. The third kappa shape index (κ3) is 2.21. The van der Waals surface area contributed by atoms with Crippen molar-refractivity contribution in [1.29, 1.82) is 0 Å². The fourth-order valence-corrected chi connectivity index (χ4v) is 1.85. The Morgan fingerprint density at radius 2 is 2.18 bits per heavy atom. The lowest BCUT2D eigenvalue weighted by molar-refractivity contribution is 0.474. The van der Waals surface area contributed by atoms with E-state index >= 15 is 0 Å². The second kappa shape index (κ2) is 4.67. The quantitative estimate of drug-likeness (QED) is 0.848. The molecule has 2 rings (SSSR count). The lowest BCUT2D eigenvalue weighted by atomic mass is 10.2. The molecule has 0 spiro atoms. The molecular formula is C11H18N6. The molecule has 0 unspecified atom stereocenters. The summed E-state index contributed by atoms with van der Waals surface area (Å²) in [6.07, 6.45) is 1.77. The maximum Gasteiger partial charge on any atom is 0.111 e. The van der Waals surface area contributed by atoms with E-state index in [1.165, 1.54) is 0 Å². The lowest BCUT2D eigenvalue weighted by Gasteiger charge is -2.09. The van der Waals surface area contributed by atoms with Gasteiger partial charge in [0.1, 0.15) is 11.4 Å². The van der Waals surface area contributed by atoms with Gasteiger partial charge < -0.3 is 5.73 Å². The average Bonchev–Trinajstić information content (AvgIpc) is 2.83. The van der Waals surface area contributed by atoms with Crippen molar-refractivity contribution < 1.29 is 0 Å². The molecule has 0 atom stereocenters. The first-order valence-corrected chi connectivity index (χ1v) is 5.74. The van der Waals surface area contributed by atoms with E-state index in [1.54, 1.807) is 6.20 Å². The van der Waals surface area contributed by atoms with Crippen LogP contribution in [0.1, 0.15) is 19.5 Å². The Morgan fingerprint density at radius 3 is 2.71 bits per heavy atom. The predicted molar refractivity (Wildman–Crippen MR) is 65.0 cm³/mol. The molecule has 2 aromatic heterocycles. The minimum atomic E-state index is 0.388. The average molecular weight is 234 g/mol. The molecule has 17 heavy (non-hydrogen) atoms. The lowest BCUT2D eigenvalue weighted by Crippen LogP contribution is -2.10. The zero-order chi connectivity index (χ0) is 12.4. The molecule has 92 valence electrons. The van der Waals surface area contributed by atoms with Crippen molar-refractivity contribution in [1.82, 2.24) is 24.8 Å². The Labute approximate surface area is 100 Å². The highest BCUT2D eigenvalue weighted by atomic mass is 15.4. The monoisotopic (exact) mass is 234 g/mol. The standard InChI is InChI=1S/C11H18N6/c1-8(2)7-17-11(9(6-12)14-15-17)10-4-5-13-16(10)3/h4-5,8H,6-7,12H2,1-3H3. The molecule has 2 heterocycles. The molecule has 0 aliphatic heterocycles. The number of nitrogens with zero attached hydrogens (tertiary/aromatic N) is 5. The summed E-state index contributed by atoms with van der Waals surface area (Å²) in [6.45, 7) is 5.51. The zero-order valence-electron chi connectivity index (χ0n) is 10.5. The van der Waals surface area contributed by atoms with Crippen LogP contribution >= 0.6 is 0 Å². The third-order valence-corrected chi connectivity index (χ3v) is 2.60. The highest BCUT2D eigenvalue weighted by molar-refractivity contribution is 5.57. The van der Waals surface area contributed by atoms with Gasteiger partial charge in [0.05, 0.1) is 5.69 Å². The number of nitrogens with two attached hydrogens (primary N) is 1. The zero-order valence-corrected chi connectivity index (χ0v) is 10.5. The van der Waals surface area contributed by atoms with Crippen LogP contribution in [0.5, 0.6) is 0 Å². The molecule has 0 radical (unpaired) electrons. The maximum absolute atomic E-state index is 5.71. The molecule has 0 bridgehead atoms. The van der Waals surface area contributed by atoms with Crippen molar-refractivity contribution in [3.8, 4) is 11.4 Å². The van der Waals surface area contributed by atoms with Gasteiger partial charge in [-0.3, -0.25) is 4.68 Å². The van der Waals surface area contributed by atoms with Gasteiger partial charge >= 0.3 is 0 Å². The summed E-state index contributed by atoms with van der Waals surface area (Å²) >= 11 is 0. The van der Waals surface area contributed by atoms with Crippen LogP contribution in [0.3, 0.4) is 0 Å². The summed E-state index contributed by atoms with van der Waals surface area (Å²) in [4.78, 5) is 0. The van der Waals surface area contributed by atoms with Crippen molar-refractivity contribution in [3.63, 3.8) is 0 Å². The number of hydrogen-bond donors (Lipinski definition) is 1. The minimum absolute atomic E-state index is 0.388. The molecule has 2 aromatic rings. The summed E-state index contributed by atoms with van der Waals surface area (Å²) in [5, 5.41) is 12.5. The van der Waals surface area contributed by atoms with E-state index in [0.29, 0.717) is 12.5 Å². The Bertz CT molecular complexity index is 496. The summed E-state index contributed by atoms with van der Waals surface area (Å²) in [5.41, 5.74) is 8.49. The van der Waals surface area contributed by atoms with Gasteiger partial charge in [0.25, 0.3) is 0 Å². The van der Waals surface area contributed by atoms with Gasteiger partial charge in [-0.15, -0.1) is 5.10 Å². The fourth-order valence-electron chi connectivity index (χ4n) is 1.85. The van der Waals surface area contributed by atoms with Crippen LogP contribution in [-0.4, -0.2) is 24.8 Å². The third-order valence-electron chi connectivity index (χ3n) is 2.60. The molecule has 0 amide bonds. The Kier molecular flexibility index (Phi) is 3.23. The van der Waals surface area contributed by atoms with Crippen molar-refractivity contribution >= 4 is 0 Å². The van der Waals surface area contributed by atoms with Crippen molar-refractivity contribution in [3.05, 3.63) is 18.0 Å². The Morgan fingerprint density at radius 1 is 1.41 bits per heavy atom. The molecule has 0 aliphatic carbocycles. The van der Waals surface area contributed by atoms with Crippen molar-refractivity contribution in [2.75, 3.05) is 0 Å². The first-order valence-electron chi connectivity index (χ1n) is 5.74. The smallest absolute Gasteiger partial charge is 0.111 e. The summed E-state index contributed by atoms with van der Waals surface area (Å²) in [5.74, 6) is 0.509. The van der Waals surface area contributed by atoms with Gasteiger partial charge in [0.15, 0.2) is 0 Å². The van der Waals surface area contributed by atoms with Crippen molar-refractivity contribution in [2.45, 2.75) is 26.9 Å². The molecule has 2 N–H and O–H groups in total. The van der Waals surface area contributed by atoms with E-state index in [4.69, 9.17) is 5.73 Å². The van der Waals surface area contributed by atoms with Crippen LogP contribution in [-0.2, 0) is 20.1 Å². The first kappa shape index (κ1) is 11.8. The van der Waals surface area contributed by atoms with Gasteiger partial charge in [0.2, 0.25) is 0 Å². The number of aromatic nitrogens is 5. The highest BCUT2D eigenvalue weighted by Crippen LogP contribution is 2.21. The van der Waals surface area contributed by atoms with Gasteiger partial charge in [-0.25, -0.2) is 4.68 Å². The molecular weight excluding hydrogens is 216 g/mol. The van der Waals surface area contributed by atoms with Gasteiger partial charge in [-0.05, 0) is 12.0 Å².